The normalized spacial score (nSPS) is 10.7. The zero-order chi connectivity index (χ0) is 24.9. The van der Waals surface area contributed by atoms with E-state index in [0.717, 1.165) is 5.69 Å². The molecule has 2 aromatic rings. The maximum Gasteiger partial charge on any atom is 0.254 e. The second-order valence-electron chi connectivity index (χ2n) is 7.80. The van der Waals surface area contributed by atoms with Crippen LogP contribution in [0.25, 0.3) is 0 Å². The van der Waals surface area contributed by atoms with E-state index >= 15 is 0 Å². The number of hydrogen-bond donors (Lipinski definition) is 0. The molecule has 0 N–H and O–H groups in total. The van der Waals surface area contributed by atoms with Crippen molar-refractivity contribution >= 4 is 11.8 Å². The summed E-state index contributed by atoms with van der Waals surface area (Å²) in [5, 5.41) is 0. The number of aromatic nitrogens is 1. The minimum Gasteiger partial charge on any atom is -0.497 e. The van der Waals surface area contributed by atoms with E-state index in [2.05, 4.69) is 0 Å². The van der Waals surface area contributed by atoms with Crippen molar-refractivity contribution in [3.05, 3.63) is 47.8 Å². The van der Waals surface area contributed by atoms with Crippen molar-refractivity contribution in [2.75, 3.05) is 60.8 Å². The van der Waals surface area contributed by atoms with Gasteiger partial charge < -0.3 is 33.3 Å². The Morgan fingerprint density at radius 1 is 0.971 bits per heavy atom. The van der Waals surface area contributed by atoms with Gasteiger partial charge in [-0.2, -0.15) is 0 Å². The maximum absolute atomic E-state index is 13.5. The van der Waals surface area contributed by atoms with Crippen LogP contribution in [0.5, 0.6) is 11.5 Å². The highest BCUT2D eigenvalue weighted by Gasteiger charge is 2.24. The van der Waals surface area contributed by atoms with Crippen molar-refractivity contribution in [1.29, 1.82) is 0 Å². The molecule has 0 saturated carbocycles. The molecule has 0 radical (unpaired) electrons. The molecule has 0 aliphatic carbocycles. The Labute approximate surface area is 202 Å². The van der Waals surface area contributed by atoms with E-state index in [1.54, 1.807) is 35.1 Å². The van der Waals surface area contributed by atoms with E-state index in [4.69, 9.17) is 18.9 Å². The SMILES string of the molecule is CCOCCCN(CC(=O)N(CCOC)Cc1cccn1C)C(=O)c1cc(OC)cc(OC)c1. The van der Waals surface area contributed by atoms with Crippen LogP contribution in [-0.2, 0) is 27.9 Å². The number of carbonyl (C=O) groups is 2. The van der Waals surface area contributed by atoms with Gasteiger partial charge in [-0.3, -0.25) is 9.59 Å². The van der Waals surface area contributed by atoms with Crippen LogP contribution in [0.2, 0.25) is 0 Å². The van der Waals surface area contributed by atoms with Gasteiger partial charge in [0.15, 0.2) is 0 Å². The fourth-order valence-corrected chi connectivity index (χ4v) is 3.48. The molecule has 2 amide bonds. The third-order valence-corrected chi connectivity index (χ3v) is 5.45. The Bertz CT molecular complexity index is 892. The number of methoxy groups -OCH3 is 3. The number of aryl methyl sites for hydroxylation is 1. The van der Waals surface area contributed by atoms with Crippen molar-refractivity contribution < 1.29 is 28.5 Å². The summed E-state index contributed by atoms with van der Waals surface area (Å²) in [7, 11) is 6.60. The summed E-state index contributed by atoms with van der Waals surface area (Å²) in [5.41, 5.74) is 1.39. The molecular weight excluding hydrogens is 438 g/mol. The first-order valence-electron chi connectivity index (χ1n) is 11.4. The third-order valence-electron chi connectivity index (χ3n) is 5.45. The lowest BCUT2D eigenvalue weighted by molar-refractivity contribution is -0.133. The quantitative estimate of drug-likeness (QED) is 0.368. The lowest BCUT2D eigenvalue weighted by atomic mass is 10.1. The minimum absolute atomic E-state index is 0.0569. The zero-order valence-corrected chi connectivity index (χ0v) is 20.9. The molecule has 0 atom stereocenters. The number of benzene rings is 1. The largest absolute Gasteiger partial charge is 0.497 e. The molecule has 2 rings (SSSR count). The predicted molar refractivity (Wildman–Crippen MR) is 129 cm³/mol. The molecule has 0 saturated heterocycles. The molecular formula is C25H37N3O6. The van der Waals surface area contributed by atoms with Gasteiger partial charge in [-0.15, -0.1) is 0 Å². The summed E-state index contributed by atoms with van der Waals surface area (Å²) in [6.07, 6.45) is 2.55. The van der Waals surface area contributed by atoms with Crippen LogP contribution >= 0.6 is 0 Å². The van der Waals surface area contributed by atoms with Crippen LogP contribution < -0.4 is 9.47 Å². The molecule has 0 unspecified atom stereocenters. The first kappa shape index (κ1) is 27.2. The molecule has 0 aliphatic rings. The molecule has 9 nitrogen and oxygen atoms in total. The summed E-state index contributed by atoms with van der Waals surface area (Å²) >= 11 is 0. The Balaban J connectivity index is 2.24. The van der Waals surface area contributed by atoms with E-state index in [9.17, 15) is 9.59 Å². The van der Waals surface area contributed by atoms with Crippen molar-refractivity contribution in [2.24, 2.45) is 7.05 Å². The van der Waals surface area contributed by atoms with Crippen molar-refractivity contribution in [1.82, 2.24) is 14.4 Å². The van der Waals surface area contributed by atoms with E-state index in [1.807, 2.05) is 36.9 Å². The highest BCUT2D eigenvalue weighted by molar-refractivity contribution is 5.97. The molecule has 1 aromatic carbocycles. The van der Waals surface area contributed by atoms with Gasteiger partial charge in [0.05, 0.1) is 27.4 Å². The number of carbonyl (C=O) groups excluding carboxylic acids is 2. The fraction of sp³-hybridized carbons (Fsp3) is 0.520. The molecule has 0 fully saturated rings. The average Bonchev–Trinajstić information content (AvgIpc) is 3.26. The Morgan fingerprint density at radius 2 is 1.68 bits per heavy atom. The lowest BCUT2D eigenvalue weighted by Crippen LogP contribution is -2.44. The maximum atomic E-state index is 13.5. The average molecular weight is 476 g/mol. The van der Waals surface area contributed by atoms with Gasteiger partial charge in [-0.05, 0) is 37.6 Å². The molecule has 9 heteroatoms. The van der Waals surface area contributed by atoms with Gasteiger partial charge in [0.25, 0.3) is 5.91 Å². The molecule has 188 valence electrons. The summed E-state index contributed by atoms with van der Waals surface area (Å²) in [4.78, 5) is 30.1. The van der Waals surface area contributed by atoms with Crippen molar-refractivity contribution in [3.8, 4) is 11.5 Å². The Morgan fingerprint density at radius 3 is 2.24 bits per heavy atom. The summed E-state index contributed by atoms with van der Waals surface area (Å²) in [5.74, 6) is 0.591. The number of ether oxygens (including phenoxy) is 4. The molecule has 0 aliphatic heterocycles. The second kappa shape index (κ2) is 14.3. The Kier molecular flexibility index (Phi) is 11.4. The molecule has 0 spiro atoms. The zero-order valence-electron chi connectivity index (χ0n) is 20.9. The van der Waals surface area contributed by atoms with E-state index in [1.165, 1.54) is 14.2 Å². The van der Waals surface area contributed by atoms with Gasteiger partial charge in [0.2, 0.25) is 5.91 Å². The number of hydrogen-bond acceptors (Lipinski definition) is 6. The fourth-order valence-electron chi connectivity index (χ4n) is 3.48. The van der Waals surface area contributed by atoms with Gasteiger partial charge in [-0.1, -0.05) is 0 Å². The number of nitrogens with zero attached hydrogens (tertiary/aromatic N) is 3. The van der Waals surface area contributed by atoms with E-state index < -0.39 is 0 Å². The van der Waals surface area contributed by atoms with Gasteiger partial charge in [0, 0.05) is 64.0 Å². The van der Waals surface area contributed by atoms with Crippen molar-refractivity contribution in [3.63, 3.8) is 0 Å². The summed E-state index contributed by atoms with van der Waals surface area (Å²) < 4.78 is 23.2. The van der Waals surface area contributed by atoms with Crippen molar-refractivity contribution in [2.45, 2.75) is 19.9 Å². The molecule has 1 heterocycles. The van der Waals surface area contributed by atoms with E-state index in [0.29, 0.717) is 62.9 Å². The monoisotopic (exact) mass is 475 g/mol. The minimum atomic E-state index is -0.271. The van der Waals surface area contributed by atoms with Crippen LogP contribution in [-0.4, -0.2) is 87.0 Å². The highest BCUT2D eigenvalue weighted by atomic mass is 16.5. The van der Waals surface area contributed by atoms with Gasteiger partial charge >= 0.3 is 0 Å². The van der Waals surface area contributed by atoms with Gasteiger partial charge in [0.1, 0.15) is 18.0 Å². The van der Waals surface area contributed by atoms with Gasteiger partial charge in [-0.25, -0.2) is 0 Å². The van der Waals surface area contributed by atoms with Crippen LogP contribution in [0, 0.1) is 0 Å². The topological polar surface area (TPSA) is 82.5 Å². The first-order valence-corrected chi connectivity index (χ1v) is 11.4. The molecule has 1 aromatic heterocycles. The van der Waals surface area contributed by atoms with E-state index in [-0.39, 0.29) is 18.4 Å². The standard InChI is InChI=1S/C25H37N3O6/c1-6-34-13-8-11-28(25(30)20-15-22(32-4)17-23(16-20)33-5)19-24(29)27(12-14-31-3)18-21-9-7-10-26(21)2/h7,9-10,15-17H,6,8,11-14,18-19H2,1-5H3. The smallest absolute Gasteiger partial charge is 0.254 e. The number of amides is 2. The second-order valence-corrected chi connectivity index (χ2v) is 7.80. The Hall–Kier alpha value is -3.04. The number of rotatable bonds is 15. The molecule has 0 bridgehead atoms. The lowest BCUT2D eigenvalue weighted by Gasteiger charge is -2.28. The van der Waals surface area contributed by atoms with Crippen LogP contribution in [0.4, 0.5) is 0 Å². The summed E-state index contributed by atoms with van der Waals surface area (Å²) in [6, 6.07) is 8.91. The predicted octanol–water partition coefficient (Wildman–Crippen LogP) is 2.59. The highest BCUT2D eigenvalue weighted by Crippen LogP contribution is 2.23. The molecule has 34 heavy (non-hydrogen) atoms. The summed E-state index contributed by atoms with van der Waals surface area (Å²) in [6.45, 7) is 4.61. The van der Waals surface area contributed by atoms with Crippen LogP contribution in [0.1, 0.15) is 29.4 Å². The third kappa shape index (κ3) is 8.07. The van der Waals surface area contributed by atoms with Crippen LogP contribution in [0.15, 0.2) is 36.5 Å². The van der Waals surface area contributed by atoms with Crippen LogP contribution in [0.3, 0.4) is 0 Å². The first-order chi connectivity index (χ1) is 16.4.